The third-order valence-electron chi connectivity index (χ3n) is 2.50. The molecule has 2 aromatic heterocycles. The molecule has 16 heavy (non-hydrogen) atoms. The van der Waals surface area contributed by atoms with Gasteiger partial charge in [-0.05, 0) is 32.4 Å². The first-order valence-corrected chi connectivity index (χ1v) is 5.90. The first kappa shape index (κ1) is 11.1. The van der Waals surface area contributed by atoms with Gasteiger partial charge in [-0.2, -0.15) is 0 Å². The van der Waals surface area contributed by atoms with Crippen molar-refractivity contribution < 1.29 is 9.21 Å². The molecule has 2 heterocycles. The molecule has 3 nitrogen and oxygen atoms in total. The molecule has 0 bridgehead atoms. The molecule has 84 valence electrons. The fourth-order valence-corrected chi connectivity index (χ4v) is 2.42. The van der Waals surface area contributed by atoms with E-state index in [0.29, 0.717) is 12.2 Å². The number of ketones is 1. The monoisotopic (exact) mass is 235 g/mol. The normalized spacial score (nSPS) is 10.7. The predicted octanol–water partition coefficient (Wildman–Crippen LogP) is 3.09. The summed E-state index contributed by atoms with van der Waals surface area (Å²) in [6, 6.07) is 1.80. The van der Waals surface area contributed by atoms with Crippen molar-refractivity contribution >= 4 is 17.1 Å². The minimum absolute atomic E-state index is 0.00347. The molecule has 0 aromatic carbocycles. The van der Waals surface area contributed by atoms with Gasteiger partial charge in [0.15, 0.2) is 5.76 Å². The molecule has 0 fully saturated rings. The van der Waals surface area contributed by atoms with Gasteiger partial charge in [0.2, 0.25) is 5.78 Å². The van der Waals surface area contributed by atoms with Gasteiger partial charge < -0.3 is 4.42 Å². The molecule has 0 radical (unpaired) electrons. The van der Waals surface area contributed by atoms with Crippen LogP contribution in [0.3, 0.4) is 0 Å². The fourth-order valence-electron chi connectivity index (χ4n) is 1.49. The summed E-state index contributed by atoms with van der Waals surface area (Å²) >= 11 is 1.57. The van der Waals surface area contributed by atoms with Crippen molar-refractivity contribution in [2.45, 2.75) is 27.2 Å². The van der Waals surface area contributed by atoms with E-state index in [1.54, 1.807) is 23.7 Å². The second-order valence-corrected chi connectivity index (χ2v) is 5.07. The van der Waals surface area contributed by atoms with E-state index in [1.165, 1.54) is 4.88 Å². The lowest BCUT2D eigenvalue weighted by Crippen LogP contribution is -2.03. The highest BCUT2D eigenvalue weighted by atomic mass is 32.1. The largest absolute Gasteiger partial charge is 0.461 e. The minimum atomic E-state index is -0.00347. The van der Waals surface area contributed by atoms with E-state index in [9.17, 15) is 4.79 Å². The van der Waals surface area contributed by atoms with Crippen LogP contribution in [0.4, 0.5) is 0 Å². The van der Waals surface area contributed by atoms with Crippen molar-refractivity contribution in [3.8, 4) is 0 Å². The number of hydrogen-bond acceptors (Lipinski definition) is 4. The van der Waals surface area contributed by atoms with Crippen LogP contribution in [-0.4, -0.2) is 10.8 Å². The highest BCUT2D eigenvalue weighted by Crippen LogP contribution is 2.19. The minimum Gasteiger partial charge on any atom is -0.461 e. The maximum Gasteiger partial charge on any atom is 0.205 e. The molecule has 4 heteroatoms. The zero-order valence-electron chi connectivity index (χ0n) is 9.53. The molecule has 2 aromatic rings. The summed E-state index contributed by atoms with van der Waals surface area (Å²) in [5.74, 6) is 0.446. The van der Waals surface area contributed by atoms with Crippen LogP contribution in [0.2, 0.25) is 0 Å². The van der Waals surface area contributed by atoms with E-state index in [4.69, 9.17) is 4.42 Å². The second kappa shape index (κ2) is 4.22. The van der Waals surface area contributed by atoms with Crippen molar-refractivity contribution in [2.75, 3.05) is 0 Å². The van der Waals surface area contributed by atoms with E-state index in [1.807, 2.05) is 20.8 Å². The van der Waals surface area contributed by atoms with E-state index in [-0.39, 0.29) is 5.78 Å². The molecule has 0 aliphatic rings. The Labute approximate surface area is 98.1 Å². The third-order valence-corrected chi connectivity index (χ3v) is 3.57. The lowest BCUT2D eigenvalue weighted by Gasteiger charge is -1.95. The summed E-state index contributed by atoms with van der Waals surface area (Å²) in [5, 5.41) is 0.857. The van der Waals surface area contributed by atoms with E-state index >= 15 is 0 Å². The second-order valence-electron chi connectivity index (χ2n) is 3.78. The van der Waals surface area contributed by atoms with Crippen molar-refractivity contribution in [3.05, 3.63) is 39.2 Å². The average Bonchev–Trinajstić information content (AvgIpc) is 2.74. The Morgan fingerprint density at radius 2 is 2.19 bits per heavy atom. The first-order chi connectivity index (χ1) is 7.58. The van der Waals surface area contributed by atoms with Crippen LogP contribution < -0.4 is 0 Å². The predicted molar refractivity (Wildman–Crippen MR) is 63.1 cm³/mol. The van der Waals surface area contributed by atoms with E-state index in [2.05, 4.69) is 4.98 Å². The number of Topliss-reactive ketones (excluding diaryl/α,β-unsaturated/α-hetero) is 1. The molecule has 0 N–H and O–H groups in total. The molecular formula is C12H13NO2S. The van der Waals surface area contributed by atoms with E-state index in [0.717, 1.165) is 16.3 Å². The van der Waals surface area contributed by atoms with Crippen LogP contribution >= 0.6 is 11.3 Å². The number of thiazole rings is 1. The highest BCUT2D eigenvalue weighted by molar-refractivity contribution is 7.11. The van der Waals surface area contributed by atoms with Gasteiger partial charge in [0.25, 0.3) is 0 Å². The smallest absolute Gasteiger partial charge is 0.205 e. The molecule has 0 aliphatic heterocycles. The molecule has 0 atom stereocenters. The highest BCUT2D eigenvalue weighted by Gasteiger charge is 2.15. The Kier molecular flexibility index (Phi) is 2.92. The van der Waals surface area contributed by atoms with Gasteiger partial charge >= 0.3 is 0 Å². The van der Waals surface area contributed by atoms with Crippen molar-refractivity contribution in [2.24, 2.45) is 0 Å². The lowest BCUT2D eigenvalue weighted by molar-refractivity contribution is 0.0965. The number of carbonyl (C=O) groups is 1. The van der Waals surface area contributed by atoms with Gasteiger partial charge in [-0.15, -0.1) is 11.3 Å². The van der Waals surface area contributed by atoms with Gasteiger partial charge in [-0.25, -0.2) is 4.98 Å². The van der Waals surface area contributed by atoms with Gasteiger partial charge in [-0.1, -0.05) is 0 Å². The summed E-state index contributed by atoms with van der Waals surface area (Å²) in [4.78, 5) is 17.4. The summed E-state index contributed by atoms with van der Waals surface area (Å²) in [7, 11) is 0. The standard InChI is InChI=1S/C12H13NO2S/c1-7-4-5-15-12(7)10(14)6-11-13-8(2)9(3)16-11/h4-5H,6H2,1-3H3. The number of nitrogens with zero attached hydrogens (tertiary/aromatic N) is 1. The number of hydrogen-bond donors (Lipinski definition) is 0. The van der Waals surface area contributed by atoms with Gasteiger partial charge in [0.1, 0.15) is 5.01 Å². The Bertz CT molecular complexity index is 505. The Balaban J connectivity index is 2.17. The summed E-state index contributed by atoms with van der Waals surface area (Å²) < 4.78 is 5.16. The molecule has 2 rings (SSSR count). The van der Waals surface area contributed by atoms with Gasteiger partial charge in [-0.3, -0.25) is 4.79 Å². The molecule has 0 unspecified atom stereocenters. The van der Waals surface area contributed by atoms with Crippen molar-refractivity contribution in [1.29, 1.82) is 0 Å². The van der Waals surface area contributed by atoms with Crippen LogP contribution in [-0.2, 0) is 6.42 Å². The summed E-state index contributed by atoms with van der Waals surface area (Å²) in [6.07, 6.45) is 1.87. The molecule has 0 amide bonds. The van der Waals surface area contributed by atoms with Crippen molar-refractivity contribution in [1.82, 2.24) is 4.98 Å². The number of rotatable bonds is 3. The van der Waals surface area contributed by atoms with Crippen LogP contribution in [0.5, 0.6) is 0 Å². The molecule has 0 aliphatic carbocycles. The summed E-state index contributed by atoms with van der Waals surface area (Å²) in [6.45, 7) is 5.84. The van der Waals surface area contributed by atoms with Crippen molar-refractivity contribution in [3.63, 3.8) is 0 Å². The SMILES string of the molecule is Cc1ccoc1C(=O)Cc1nc(C)c(C)s1. The van der Waals surface area contributed by atoms with Gasteiger partial charge in [0, 0.05) is 4.88 Å². The molecule has 0 saturated carbocycles. The number of aromatic nitrogens is 1. The van der Waals surface area contributed by atoms with Crippen LogP contribution in [0.15, 0.2) is 16.7 Å². The van der Waals surface area contributed by atoms with Crippen LogP contribution in [0.25, 0.3) is 0 Å². The maximum absolute atomic E-state index is 11.9. The fraction of sp³-hybridized carbons (Fsp3) is 0.333. The number of furan rings is 1. The van der Waals surface area contributed by atoms with Gasteiger partial charge in [0.05, 0.1) is 18.4 Å². The Morgan fingerprint density at radius 1 is 1.44 bits per heavy atom. The molecule has 0 spiro atoms. The Hall–Kier alpha value is -1.42. The number of aryl methyl sites for hydroxylation is 3. The zero-order valence-corrected chi connectivity index (χ0v) is 10.4. The first-order valence-electron chi connectivity index (χ1n) is 5.08. The Morgan fingerprint density at radius 3 is 2.69 bits per heavy atom. The quantitative estimate of drug-likeness (QED) is 0.768. The maximum atomic E-state index is 11.9. The van der Waals surface area contributed by atoms with Crippen LogP contribution in [0, 0.1) is 20.8 Å². The molecular weight excluding hydrogens is 222 g/mol. The van der Waals surface area contributed by atoms with Crippen LogP contribution in [0.1, 0.15) is 31.7 Å². The summed E-state index contributed by atoms with van der Waals surface area (Å²) in [5.41, 5.74) is 1.89. The topological polar surface area (TPSA) is 43.1 Å². The number of carbonyl (C=O) groups excluding carboxylic acids is 1. The third kappa shape index (κ3) is 2.07. The van der Waals surface area contributed by atoms with E-state index < -0.39 is 0 Å². The lowest BCUT2D eigenvalue weighted by atomic mass is 10.2. The zero-order chi connectivity index (χ0) is 11.7. The molecule has 0 saturated heterocycles. The average molecular weight is 235 g/mol.